The molecular formula is C16H25N3. The summed E-state index contributed by atoms with van der Waals surface area (Å²) in [4.78, 5) is 2.45. The van der Waals surface area contributed by atoms with Crippen LogP contribution in [0.5, 0.6) is 0 Å². The molecule has 104 valence electrons. The monoisotopic (exact) mass is 259 g/mol. The standard InChI is InChI=1S/C16H25N3/c1-4-18(5-2)12-14-13-9-7-8-10-15(13)19(6-3)16(14)11-17/h7-10H,4-6,11-12,17H2,1-3H3. The van der Waals surface area contributed by atoms with Gasteiger partial charge >= 0.3 is 0 Å². The lowest BCUT2D eigenvalue weighted by molar-refractivity contribution is 0.295. The van der Waals surface area contributed by atoms with Crippen molar-refractivity contribution in [3.63, 3.8) is 0 Å². The van der Waals surface area contributed by atoms with Crippen LogP contribution in [-0.4, -0.2) is 22.6 Å². The molecule has 0 radical (unpaired) electrons. The zero-order chi connectivity index (χ0) is 13.8. The first-order chi connectivity index (χ1) is 9.26. The molecule has 2 rings (SSSR count). The van der Waals surface area contributed by atoms with Crippen molar-refractivity contribution in [2.45, 2.75) is 40.4 Å². The van der Waals surface area contributed by atoms with Crippen molar-refractivity contribution in [3.8, 4) is 0 Å². The van der Waals surface area contributed by atoms with Crippen molar-refractivity contribution in [2.24, 2.45) is 5.73 Å². The van der Waals surface area contributed by atoms with E-state index in [9.17, 15) is 0 Å². The second kappa shape index (κ2) is 6.22. The molecule has 0 unspecified atom stereocenters. The van der Waals surface area contributed by atoms with Gasteiger partial charge in [0.1, 0.15) is 0 Å². The third-order valence-corrected chi connectivity index (χ3v) is 3.98. The van der Waals surface area contributed by atoms with Crippen molar-refractivity contribution < 1.29 is 0 Å². The van der Waals surface area contributed by atoms with Crippen molar-refractivity contribution >= 4 is 10.9 Å². The number of para-hydroxylation sites is 1. The van der Waals surface area contributed by atoms with Crippen molar-refractivity contribution in [2.75, 3.05) is 13.1 Å². The van der Waals surface area contributed by atoms with Gasteiger partial charge < -0.3 is 10.3 Å². The zero-order valence-electron chi connectivity index (χ0n) is 12.3. The topological polar surface area (TPSA) is 34.2 Å². The summed E-state index contributed by atoms with van der Waals surface area (Å²) in [5.74, 6) is 0. The Morgan fingerprint density at radius 3 is 2.37 bits per heavy atom. The van der Waals surface area contributed by atoms with E-state index in [-0.39, 0.29) is 0 Å². The maximum atomic E-state index is 6.01. The first kappa shape index (κ1) is 14.1. The van der Waals surface area contributed by atoms with E-state index in [2.05, 4.69) is 54.5 Å². The average Bonchev–Trinajstić information content (AvgIpc) is 2.77. The summed E-state index contributed by atoms with van der Waals surface area (Å²) in [5, 5.41) is 1.36. The highest BCUT2D eigenvalue weighted by Crippen LogP contribution is 2.27. The zero-order valence-corrected chi connectivity index (χ0v) is 12.3. The van der Waals surface area contributed by atoms with Gasteiger partial charge in [0.25, 0.3) is 0 Å². The third kappa shape index (κ3) is 2.53. The Morgan fingerprint density at radius 2 is 1.79 bits per heavy atom. The fraction of sp³-hybridized carbons (Fsp3) is 0.500. The molecule has 3 nitrogen and oxygen atoms in total. The SMILES string of the molecule is CCN(CC)Cc1c(CN)n(CC)c2ccccc12. The Bertz CT molecular complexity index is 538. The molecule has 0 atom stereocenters. The lowest BCUT2D eigenvalue weighted by Crippen LogP contribution is -2.23. The Morgan fingerprint density at radius 1 is 1.11 bits per heavy atom. The number of aryl methyl sites for hydroxylation is 1. The number of fused-ring (bicyclic) bond motifs is 1. The van der Waals surface area contributed by atoms with Gasteiger partial charge in [-0.3, -0.25) is 4.90 Å². The normalized spacial score (nSPS) is 11.6. The van der Waals surface area contributed by atoms with Gasteiger partial charge in [-0.15, -0.1) is 0 Å². The highest BCUT2D eigenvalue weighted by atomic mass is 15.1. The summed E-state index contributed by atoms with van der Waals surface area (Å²) in [6.45, 7) is 11.3. The third-order valence-electron chi connectivity index (χ3n) is 3.98. The summed E-state index contributed by atoms with van der Waals surface area (Å²) in [7, 11) is 0. The molecule has 2 aromatic rings. The Hall–Kier alpha value is -1.32. The van der Waals surface area contributed by atoms with Crippen LogP contribution in [0.2, 0.25) is 0 Å². The highest BCUT2D eigenvalue weighted by molar-refractivity contribution is 5.85. The fourth-order valence-electron chi connectivity index (χ4n) is 2.87. The summed E-state index contributed by atoms with van der Waals surface area (Å²) >= 11 is 0. The van der Waals surface area contributed by atoms with Gasteiger partial charge in [0.05, 0.1) is 0 Å². The number of nitrogens with two attached hydrogens (primary N) is 1. The quantitative estimate of drug-likeness (QED) is 0.865. The van der Waals surface area contributed by atoms with E-state index in [1.54, 1.807) is 0 Å². The number of hydrogen-bond acceptors (Lipinski definition) is 2. The predicted molar refractivity (Wildman–Crippen MR) is 82.1 cm³/mol. The molecule has 0 saturated heterocycles. The van der Waals surface area contributed by atoms with Gasteiger partial charge in [0.15, 0.2) is 0 Å². The molecule has 0 aliphatic rings. The van der Waals surface area contributed by atoms with Crippen LogP contribution < -0.4 is 5.73 Å². The number of hydrogen-bond donors (Lipinski definition) is 1. The smallest absolute Gasteiger partial charge is 0.0486 e. The fourth-order valence-corrected chi connectivity index (χ4v) is 2.87. The minimum atomic E-state index is 0.610. The minimum absolute atomic E-state index is 0.610. The highest BCUT2D eigenvalue weighted by Gasteiger charge is 2.16. The molecule has 0 spiro atoms. The van der Waals surface area contributed by atoms with Crippen LogP contribution in [0.4, 0.5) is 0 Å². The average molecular weight is 259 g/mol. The molecule has 3 heteroatoms. The molecule has 1 aromatic heterocycles. The molecule has 0 amide bonds. The molecular weight excluding hydrogens is 234 g/mol. The maximum Gasteiger partial charge on any atom is 0.0486 e. The first-order valence-corrected chi connectivity index (χ1v) is 7.28. The molecule has 0 aliphatic heterocycles. The summed E-state index contributed by atoms with van der Waals surface area (Å²) in [5.41, 5.74) is 10.0. The van der Waals surface area contributed by atoms with E-state index < -0.39 is 0 Å². The molecule has 1 aromatic carbocycles. The Kier molecular flexibility index (Phi) is 4.61. The van der Waals surface area contributed by atoms with Crippen LogP contribution in [0.1, 0.15) is 32.0 Å². The second-order valence-electron chi connectivity index (χ2n) is 4.85. The molecule has 0 fully saturated rings. The number of benzene rings is 1. The van der Waals surface area contributed by atoms with Crippen LogP contribution in [-0.2, 0) is 19.6 Å². The molecule has 0 saturated carbocycles. The summed E-state index contributed by atoms with van der Waals surface area (Å²) in [6, 6.07) is 8.65. The summed E-state index contributed by atoms with van der Waals surface area (Å²) < 4.78 is 2.36. The van der Waals surface area contributed by atoms with E-state index in [0.717, 1.165) is 26.2 Å². The second-order valence-corrected chi connectivity index (χ2v) is 4.85. The molecule has 19 heavy (non-hydrogen) atoms. The van der Waals surface area contributed by atoms with Gasteiger partial charge in [0, 0.05) is 36.2 Å². The van der Waals surface area contributed by atoms with Crippen LogP contribution in [0.25, 0.3) is 10.9 Å². The minimum Gasteiger partial charge on any atom is -0.343 e. The Balaban J connectivity index is 2.57. The van der Waals surface area contributed by atoms with Crippen molar-refractivity contribution in [3.05, 3.63) is 35.5 Å². The van der Waals surface area contributed by atoms with Crippen LogP contribution in [0.3, 0.4) is 0 Å². The van der Waals surface area contributed by atoms with Crippen molar-refractivity contribution in [1.82, 2.24) is 9.47 Å². The predicted octanol–water partition coefficient (Wildman–Crippen LogP) is 2.96. The molecule has 2 N–H and O–H groups in total. The molecule has 1 heterocycles. The first-order valence-electron chi connectivity index (χ1n) is 7.28. The lowest BCUT2D eigenvalue weighted by atomic mass is 10.1. The van der Waals surface area contributed by atoms with E-state index in [4.69, 9.17) is 5.73 Å². The van der Waals surface area contributed by atoms with E-state index >= 15 is 0 Å². The molecule has 0 aliphatic carbocycles. The van der Waals surface area contributed by atoms with Gasteiger partial charge in [-0.25, -0.2) is 0 Å². The summed E-state index contributed by atoms with van der Waals surface area (Å²) in [6.07, 6.45) is 0. The van der Waals surface area contributed by atoms with Crippen LogP contribution in [0, 0.1) is 0 Å². The number of rotatable bonds is 6. The largest absolute Gasteiger partial charge is 0.343 e. The Labute approximate surface area is 116 Å². The van der Waals surface area contributed by atoms with Crippen LogP contribution >= 0.6 is 0 Å². The van der Waals surface area contributed by atoms with E-state index in [1.807, 2.05) is 0 Å². The van der Waals surface area contributed by atoms with Crippen LogP contribution in [0.15, 0.2) is 24.3 Å². The number of nitrogens with zero attached hydrogens (tertiary/aromatic N) is 2. The lowest BCUT2D eigenvalue weighted by Gasteiger charge is -2.19. The van der Waals surface area contributed by atoms with Gasteiger partial charge in [-0.05, 0) is 31.6 Å². The van der Waals surface area contributed by atoms with Gasteiger partial charge in [-0.2, -0.15) is 0 Å². The number of aromatic nitrogens is 1. The maximum absolute atomic E-state index is 6.01. The van der Waals surface area contributed by atoms with E-state index in [1.165, 1.54) is 22.2 Å². The van der Waals surface area contributed by atoms with Gasteiger partial charge in [-0.1, -0.05) is 32.0 Å². The van der Waals surface area contributed by atoms with Gasteiger partial charge in [0.2, 0.25) is 0 Å². The van der Waals surface area contributed by atoms with Crippen molar-refractivity contribution in [1.29, 1.82) is 0 Å². The molecule has 0 bridgehead atoms. The van der Waals surface area contributed by atoms with E-state index in [0.29, 0.717) is 6.54 Å².